The van der Waals surface area contributed by atoms with Gasteiger partial charge in [0, 0.05) is 22.5 Å². The monoisotopic (exact) mass is 338 g/mol. The third-order valence-electron chi connectivity index (χ3n) is 2.83. The summed E-state index contributed by atoms with van der Waals surface area (Å²) in [5.41, 5.74) is 2.74. The van der Waals surface area contributed by atoms with Crippen molar-refractivity contribution < 1.29 is 4.79 Å². The van der Waals surface area contributed by atoms with Crippen LogP contribution in [0.15, 0.2) is 28.1 Å². The van der Waals surface area contributed by atoms with Crippen molar-refractivity contribution in [2.45, 2.75) is 20.4 Å². The molecule has 0 atom stereocenters. The molecule has 0 saturated heterocycles. The summed E-state index contributed by atoms with van der Waals surface area (Å²) < 4.78 is 0.955. The third-order valence-corrected chi connectivity index (χ3v) is 4.51. The molecular weight excluding hydrogens is 324 g/mol. The van der Waals surface area contributed by atoms with Gasteiger partial charge in [-0.3, -0.25) is 4.79 Å². The number of rotatable bonds is 3. The van der Waals surface area contributed by atoms with Gasteiger partial charge in [0.2, 0.25) is 0 Å². The molecule has 0 unspecified atom stereocenters. The minimum atomic E-state index is 0.00588. The quantitative estimate of drug-likeness (QED) is 0.852. The van der Waals surface area contributed by atoms with Crippen LogP contribution in [0.4, 0.5) is 0 Å². The molecule has 1 aromatic heterocycles. The van der Waals surface area contributed by atoms with E-state index in [-0.39, 0.29) is 5.91 Å². The Morgan fingerprint density at radius 2 is 2.16 bits per heavy atom. The normalized spacial score (nSPS) is 10.5. The van der Waals surface area contributed by atoms with E-state index in [1.165, 1.54) is 0 Å². The smallest absolute Gasteiger partial charge is 0.253 e. The average molecular weight is 339 g/mol. The zero-order valence-corrected chi connectivity index (χ0v) is 13.5. The second kappa shape index (κ2) is 5.84. The Morgan fingerprint density at radius 3 is 2.74 bits per heavy atom. The molecule has 0 radical (unpaired) electrons. The van der Waals surface area contributed by atoms with E-state index in [9.17, 15) is 4.79 Å². The van der Waals surface area contributed by atoms with Crippen LogP contribution in [0.3, 0.4) is 0 Å². The predicted molar refractivity (Wildman–Crippen MR) is 81.5 cm³/mol. The van der Waals surface area contributed by atoms with E-state index in [1.54, 1.807) is 23.3 Å². The molecule has 19 heavy (non-hydrogen) atoms. The van der Waals surface area contributed by atoms with Crippen molar-refractivity contribution in [3.63, 3.8) is 0 Å². The standard InChI is InChI=1S/C14H15BrN2OS/c1-9-4-5-11(6-13(9)15)14(18)17(3)7-12-8-19-10(2)16-12/h4-6,8H,7H2,1-3H3. The Morgan fingerprint density at radius 1 is 1.42 bits per heavy atom. The summed E-state index contributed by atoms with van der Waals surface area (Å²) >= 11 is 5.05. The Balaban J connectivity index is 2.12. The van der Waals surface area contributed by atoms with E-state index < -0.39 is 0 Å². The lowest BCUT2D eigenvalue weighted by atomic mass is 10.1. The Kier molecular flexibility index (Phi) is 4.37. The second-order valence-corrected chi connectivity index (χ2v) is 6.40. The SMILES string of the molecule is Cc1nc(CN(C)C(=O)c2ccc(C)c(Br)c2)cs1. The summed E-state index contributed by atoms with van der Waals surface area (Å²) in [6, 6.07) is 5.66. The third kappa shape index (κ3) is 3.42. The summed E-state index contributed by atoms with van der Waals surface area (Å²) in [5, 5.41) is 3.01. The first kappa shape index (κ1) is 14.2. The summed E-state index contributed by atoms with van der Waals surface area (Å²) in [7, 11) is 1.80. The number of hydrogen-bond acceptors (Lipinski definition) is 3. The highest BCUT2D eigenvalue weighted by molar-refractivity contribution is 9.10. The molecule has 0 aliphatic heterocycles. The van der Waals surface area contributed by atoms with Crippen molar-refractivity contribution in [2.24, 2.45) is 0 Å². The molecule has 1 heterocycles. The fourth-order valence-corrected chi connectivity index (χ4v) is 2.72. The second-order valence-electron chi connectivity index (χ2n) is 4.48. The van der Waals surface area contributed by atoms with Gasteiger partial charge < -0.3 is 4.90 Å². The molecule has 3 nitrogen and oxygen atoms in total. The minimum Gasteiger partial charge on any atom is -0.336 e. The van der Waals surface area contributed by atoms with Crippen molar-refractivity contribution in [3.8, 4) is 0 Å². The van der Waals surface area contributed by atoms with Crippen LogP contribution < -0.4 is 0 Å². The van der Waals surface area contributed by atoms with Crippen molar-refractivity contribution >= 4 is 33.2 Å². The molecule has 100 valence electrons. The maximum absolute atomic E-state index is 12.3. The van der Waals surface area contributed by atoms with Crippen LogP contribution in [0.2, 0.25) is 0 Å². The van der Waals surface area contributed by atoms with Gasteiger partial charge in [-0.1, -0.05) is 22.0 Å². The Hall–Kier alpha value is -1.20. The van der Waals surface area contributed by atoms with Gasteiger partial charge in [-0.2, -0.15) is 0 Å². The number of carbonyl (C=O) groups is 1. The number of benzene rings is 1. The molecule has 2 rings (SSSR count). The lowest BCUT2D eigenvalue weighted by Crippen LogP contribution is -2.26. The number of aryl methyl sites for hydroxylation is 2. The number of hydrogen-bond donors (Lipinski definition) is 0. The van der Waals surface area contributed by atoms with Crippen molar-refractivity contribution in [1.82, 2.24) is 9.88 Å². The van der Waals surface area contributed by atoms with Crippen molar-refractivity contribution in [2.75, 3.05) is 7.05 Å². The van der Waals surface area contributed by atoms with Gasteiger partial charge in [-0.05, 0) is 31.5 Å². The molecule has 0 N–H and O–H groups in total. The fraction of sp³-hybridized carbons (Fsp3) is 0.286. The first-order valence-corrected chi connectivity index (χ1v) is 7.57. The van der Waals surface area contributed by atoms with Crippen LogP contribution in [0.25, 0.3) is 0 Å². The summed E-state index contributed by atoms with van der Waals surface area (Å²) in [6.07, 6.45) is 0. The Labute approximate surface area is 125 Å². The molecule has 0 aliphatic carbocycles. The van der Waals surface area contributed by atoms with E-state index in [0.717, 1.165) is 20.7 Å². The largest absolute Gasteiger partial charge is 0.336 e. The number of aromatic nitrogens is 1. The molecule has 0 fully saturated rings. The van der Waals surface area contributed by atoms with E-state index in [0.29, 0.717) is 12.1 Å². The molecule has 5 heteroatoms. The van der Waals surface area contributed by atoms with Gasteiger partial charge in [-0.15, -0.1) is 11.3 Å². The molecule has 1 aromatic carbocycles. The number of halogens is 1. The topological polar surface area (TPSA) is 33.2 Å². The van der Waals surface area contributed by atoms with Gasteiger partial charge >= 0.3 is 0 Å². The highest BCUT2D eigenvalue weighted by Crippen LogP contribution is 2.19. The van der Waals surface area contributed by atoms with Crippen molar-refractivity contribution in [1.29, 1.82) is 0 Å². The average Bonchev–Trinajstić information content (AvgIpc) is 2.77. The van der Waals surface area contributed by atoms with Crippen LogP contribution in [0, 0.1) is 13.8 Å². The zero-order chi connectivity index (χ0) is 14.0. The first-order valence-electron chi connectivity index (χ1n) is 5.90. The molecule has 0 saturated carbocycles. The zero-order valence-electron chi connectivity index (χ0n) is 11.1. The number of amides is 1. The van der Waals surface area contributed by atoms with Gasteiger partial charge in [0.25, 0.3) is 5.91 Å². The summed E-state index contributed by atoms with van der Waals surface area (Å²) in [4.78, 5) is 18.4. The van der Waals surface area contributed by atoms with E-state index in [1.807, 2.05) is 37.4 Å². The number of nitrogens with zero attached hydrogens (tertiary/aromatic N) is 2. The van der Waals surface area contributed by atoms with E-state index in [4.69, 9.17) is 0 Å². The molecule has 2 aromatic rings. The molecule has 1 amide bonds. The predicted octanol–water partition coefficient (Wildman–Crippen LogP) is 3.79. The fourth-order valence-electron chi connectivity index (χ4n) is 1.74. The summed E-state index contributed by atoms with van der Waals surface area (Å²) in [6.45, 7) is 4.50. The lowest BCUT2D eigenvalue weighted by Gasteiger charge is -2.16. The highest BCUT2D eigenvalue weighted by Gasteiger charge is 2.14. The molecular formula is C14H15BrN2OS. The maximum atomic E-state index is 12.3. The van der Waals surface area contributed by atoms with Gasteiger partial charge in [0.1, 0.15) is 0 Å². The number of carbonyl (C=O) groups excluding carboxylic acids is 1. The number of thiazole rings is 1. The van der Waals surface area contributed by atoms with Crippen LogP contribution in [0.1, 0.15) is 26.6 Å². The van der Waals surface area contributed by atoms with Crippen LogP contribution >= 0.6 is 27.3 Å². The first-order chi connectivity index (χ1) is 8.97. The maximum Gasteiger partial charge on any atom is 0.253 e. The molecule has 0 bridgehead atoms. The van der Waals surface area contributed by atoms with Crippen LogP contribution in [-0.4, -0.2) is 22.8 Å². The van der Waals surface area contributed by atoms with Gasteiger partial charge in [0.05, 0.1) is 17.2 Å². The minimum absolute atomic E-state index is 0.00588. The van der Waals surface area contributed by atoms with Gasteiger partial charge in [-0.25, -0.2) is 4.98 Å². The molecule has 0 aliphatic rings. The highest BCUT2D eigenvalue weighted by atomic mass is 79.9. The van der Waals surface area contributed by atoms with Crippen LogP contribution in [-0.2, 0) is 6.54 Å². The van der Waals surface area contributed by atoms with Gasteiger partial charge in [0.15, 0.2) is 0 Å². The Bertz CT molecular complexity index is 609. The van der Waals surface area contributed by atoms with Crippen LogP contribution in [0.5, 0.6) is 0 Å². The van der Waals surface area contributed by atoms with Crippen molar-refractivity contribution in [3.05, 3.63) is 49.9 Å². The lowest BCUT2D eigenvalue weighted by molar-refractivity contribution is 0.0783. The van der Waals surface area contributed by atoms with E-state index >= 15 is 0 Å². The summed E-state index contributed by atoms with van der Waals surface area (Å²) in [5.74, 6) is 0.00588. The molecule has 0 spiro atoms. The van der Waals surface area contributed by atoms with E-state index in [2.05, 4.69) is 20.9 Å².